The van der Waals surface area contributed by atoms with Crippen LogP contribution in [0.2, 0.25) is 0 Å². The van der Waals surface area contributed by atoms with Gasteiger partial charge in [-0.05, 0) is 61.6 Å². The highest BCUT2D eigenvalue weighted by atomic mass is 19.1. The summed E-state index contributed by atoms with van der Waals surface area (Å²) in [5.74, 6) is -0.209. The first-order valence-electron chi connectivity index (χ1n) is 11.7. The van der Waals surface area contributed by atoms with Crippen molar-refractivity contribution >= 4 is 22.5 Å². The Morgan fingerprint density at radius 3 is 2.35 bits per heavy atom. The second kappa shape index (κ2) is 9.37. The van der Waals surface area contributed by atoms with Crippen LogP contribution >= 0.6 is 0 Å². The molecule has 0 saturated carbocycles. The molecule has 0 bridgehead atoms. The van der Waals surface area contributed by atoms with Crippen molar-refractivity contribution in [3.05, 3.63) is 88.1 Å². The van der Waals surface area contributed by atoms with Gasteiger partial charge in [-0.3, -0.25) is 14.5 Å². The van der Waals surface area contributed by atoms with Crippen LogP contribution in [0, 0.1) is 19.7 Å². The molecular formula is C28H31FN4O. The molecule has 2 heterocycles. The molecule has 1 amide bonds. The van der Waals surface area contributed by atoms with Gasteiger partial charge in [-0.1, -0.05) is 51.5 Å². The summed E-state index contributed by atoms with van der Waals surface area (Å²) < 4.78 is 15.3. The van der Waals surface area contributed by atoms with Crippen molar-refractivity contribution in [2.45, 2.75) is 59.9 Å². The van der Waals surface area contributed by atoms with Gasteiger partial charge in [-0.15, -0.1) is 0 Å². The Morgan fingerprint density at radius 2 is 1.71 bits per heavy atom. The Kier molecular flexibility index (Phi) is 6.51. The molecule has 0 radical (unpaired) electrons. The van der Waals surface area contributed by atoms with E-state index in [2.05, 4.69) is 38.0 Å². The van der Waals surface area contributed by atoms with Crippen LogP contribution in [0.1, 0.15) is 78.1 Å². The van der Waals surface area contributed by atoms with Crippen molar-refractivity contribution in [1.29, 1.82) is 0 Å². The van der Waals surface area contributed by atoms with Gasteiger partial charge in [0.2, 0.25) is 0 Å². The van der Waals surface area contributed by atoms with Crippen molar-refractivity contribution in [1.82, 2.24) is 14.8 Å². The van der Waals surface area contributed by atoms with Gasteiger partial charge < -0.3 is 5.32 Å². The maximum absolute atomic E-state index is 13.6. The SMILES string of the molecule is Cc1ccc2nc(C)cc(C(=O)Nc3c(C(C)C)nn(Cc4ccc(F)cc4)c3C(C)C)c2c1. The summed E-state index contributed by atoms with van der Waals surface area (Å²) in [6, 6.07) is 14.2. The van der Waals surface area contributed by atoms with Gasteiger partial charge in [0.15, 0.2) is 0 Å². The molecule has 0 aliphatic rings. The minimum Gasteiger partial charge on any atom is -0.319 e. The Morgan fingerprint density at radius 1 is 1.00 bits per heavy atom. The number of hydrogen-bond acceptors (Lipinski definition) is 3. The normalized spacial score (nSPS) is 11.6. The number of anilines is 1. The van der Waals surface area contributed by atoms with Gasteiger partial charge in [0.1, 0.15) is 5.82 Å². The van der Waals surface area contributed by atoms with Crippen LogP contribution in [0.3, 0.4) is 0 Å². The lowest BCUT2D eigenvalue weighted by Crippen LogP contribution is -2.16. The number of fused-ring (bicyclic) bond motifs is 1. The molecule has 0 aliphatic carbocycles. The highest BCUT2D eigenvalue weighted by Gasteiger charge is 2.25. The molecule has 0 unspecified atom stereocenters. The van der Waals surface area contributed by atoms with Crippen molar-refractivity contribution in [3.63, 3.8) is 0 Å². The molecule has 0 fully saturated rings. The Hall–Kier alpha value is -3.54. The average molecular weight is 459 g/mol. The summed E-state index contributed by atoms with van der Waals surface area (Å²) in [6.07, 6.45) is 0. The molecule has 2 aromatic carbocycles. The van der Waals surface area contributed by atoms with Gasteiger partial charge >= 0.3 is 0 Å². The molecule has 0 aliphatic heterocycles. The number of nitrogens with one attached hydrogen (secondary N) is 1. The number of benzene rings is 2. The van der Waals surface area contributed by atoms with E-state index in [1.807, 2.05) is 42.8 Å². The minimum absolute atomic E-state index is 0.112. The molecule has 0 atom stereocenters. The summed E-state index contributed by atoms with van der Waals surface area (Å²) in [6.45, 7) is 12.7. The second-order valence-electron chi connectivity index (χ2n) is 9.52. The van der Waals surface area contributed by atoms with E-state index < -0.39 is 0 Å². The third kappa shape index (κ3) is 4.72. The number of aryl methyl sites for hydroxylation is 2. The first kappa shape index (κ1) is 23.6. The maximum Gasteiger partial charge on any atom is 0.256 e. The van der Waals surface area contributed by atoms with Crippen LogP contribution in [0.15, 0.2) is 48.5 Å². The monoisotopic (exact) mass is 458 g/mol. The Labute approximate surface area is 200 Å². The van der Waals surface area contributed by atoms with Crippen molar-refractivity contribution in [2.24, 2.45) is 0 Å². The summed E-state index contributed by atoms with van der Waals surface area (Å²) in [5.41, 5.74) is 6.76. The highest BCUT2D eigenvalue weighted by Crippen LogP contribution is 2.34. The van der Waals surface area contributed by atoms with Gasteiger partial charge in [0, 0.05) is 11.1 Å². The van der Waals surface area contributed by atoms with Crippen LogP contribution in [-0.4, -0.2) is 20.7 Å². The van der Waals surface area contributed by atoms with E-state index in [9.17, 15) is 9.18 Å². The summed E-state index contributed by atoms with van der Waals surface area (Å²) in [4.78, 5) is 18.2. The number of hydrogen-bond donors (Lipinski definition) is 1. The molecule has 5 nitrogen and oxygen atoms in total. The van der Waals surface area contributed by atoms with Gasteiger partial charge in [0.25, 0.3) is 5.91 Å². The van der Waals surface area contributed by atoms with Gasteiger partial charge in [-0.2, -0.15) is 5.10 Å². The Bertz CT molecular complexity index is 1350. The Balaban J connectivity index is 1.79. The number of aromatic nitrogens is 3. The van der Waals surface area contributed by atoms with E-state index in [0.717, 1.165) is 44.8 Å². The van der Waals surface area contributed by atoms with Crippen molar-refractivity contribution < 1.29 is 9.18 Å². The maximum atomic E-state index is 13.6. The number of rotatable bonds is 6. The topological polar surface area (TPSA) is 59.8 Å². The summed E-state index contributed by atoms with van der Waals surface area (Å²) in [7, 11) is 0. The number of pyridine rings is 1. The molecule has 6 heteroatoms. The quantitative estimate of drug-likeness (QED) is 0.348. The lowest BCUT2D eigenvalue weighted by Gasteiger charge is -2.15. The molecule has 0 spiro atoms. The van der Waals surface area contributed by atoms with Crippen molar-refractivity contribution in [2.75, 3.05) is 5.32 Å². The van der Waals surface area contributed by atoms with Crippen LogP contribution < -0.4 is 5.32 Å². The van der Waals surface area contributed by atoms with E-state index in [0.29, 0.717) is 12.1 Å². The smallest absolute Gasteiger partial charge is 0.256 e. The molecular weight excluding hydrogens is 427 g/mol. The third-order valence-electron chi connectivity index (χ3n) is 5.93. The largest absolute Gasteiger partial charge is 0.319 e. The van der Waals surface area contributed by atoms with E-state index >= 15 is 0 Å². The van der Waals surface area contributed by atoms with Gasteiger partial charge in [0.05, 0.1) is 34.7 Å². The zero-order valence-electron chi connectivity index (χ0n) is 20.6. The fourth-order valence-corrected chi connectivity index (χ4v) is 4.34. The van der Waals surface area contributed by atoms with Crippen LogP contribution in [-0.2, 0) is 6.54 Å². The zero-order chi connectivity index (χ0) is 24.6. The second-order valence-corrected chi connectivity index (χ2v) is 9.52. The van der Waals surface area contributed by atoms with Gasteiger partial charge in [-0.25, -0.2) is 4.39 Å². The standard InChI is InChI=1S/C28H31FN4O/c1-16(2)25-26(27(17(3)4)33(32-25)15-20-8-10-21(29)11-9-20)31-28(34)23-14-19(6)30-24-12-7-18(5)13-22(23)24/h7-14,16-17H,15H2,1-6H3,(H,31,34). The number of halogens is 1. The number of carbonyl (C=O) groups is 1. The molecule has 2 aromatic heterocycles. The first-order valence-corrected chi connectivity index (χ1v) is 11.7. The van der Waals surface area contributed by atoms with Crippen LogP contribution in [0.4, 0.5) is 10.1 Å². The summed E-state index contributed by atoms with van der Waals surface area (Å²) in [5, 5.41) is 8.92. The molecule has 176 valence electrons. The van der Waals surface area contributed by atoms with Crippen molar-refractivity contribution in [3.8, 4) is 0 Å². The predicted molar refractivity (Wildman–Crippen MR) is 135 cm³/mol. The zero-order valence-corrected chi connectivity index (χ0v) is 20.6. The molecule has 0 saturated heterocycles. The van der Waals surface area contributed by atoms with E-state index in [-0.39, 0.29) is 23.6 Å². The summed E-state index contributed by atoms with van der Waals surface area (Å²) >= 11 is 0. The lowest BCUT2D eigenvalue weighted by molar-refractivity contribution is 0.102. The fraction of sp³-hybridized carbons (Fsp3) is 0.321. The average Bonchev–Trinajstić information content (AvgIpc) is 3.13. The van der Waals surface area contributed by atoms with Crippen LogP contribution in [0.25, 0.3) is 10.9 Å². The highest BCUT2D eigenvalue weighted by molar-refractivity contribution is 6.13. The molecule has 34 heavy (non-hydrogen) atoms. The number of amides is 1. The van der Waals surface area contributed by atoms with Crippen LogP contribution in [0.5, 0.6) is 0 Å². The fourth-order valence-electron chi connectivity index (χ4n) is 4.34. The lowest BCUT2D eigenvalue weighted by atomic mass is 10.0. The first-order chi connectivity index (χ1) is 16.1. The van der Waals surface area contributed by atoms with E-state index in [4.69, 9.17) is 5.10 Å². The predicted octanol–water partition coefficient (Wildman–Crippen LogP) is 6.73. The molecule has 4 aromatic rings. The molecule has 1 N–H and O–H groups in total. The third-order valence-corrected chi connectivity index (χ3v) is 5.93. The minimum atomic E-state index is -0.265. The van der Waals surface area contributed by atoms with E-state index in [1.54, 1.807) is 12.1 Å². The number of nitrogens with zero attached hydrogens (tertiary/aromatic N) is 3. The molecule has 4 rings (SSSR count). The van der Waals surface area contributed by atoms with E-state index in [1.165, 1.54) is 12.1 Å². The number of carbonyl (C=O) groups excluding carboxylic acids is 1.